The average molecular weight is 316 g/mol. The number of sulfonamides is 1. The molecule has 2 N–H and O–H groups in total. The summed E-state index contributed by atoms with van der Waals surface area (Å²) in [6, 6.07) is 2.39. The number of ether oxygens (including phenoxy) is 1. The van der Waals surface area contributed by atoms with Gasteiger partial charge >= 0.3 is 0 Å². The van der Waals surface area contributed by atoms with Crippen LogP contribution in [0.5, 0.6) is 0 Å². The highest BCUT2D eigenvalue weighted by molar-refractivity contribution is 7.91. The van der Waals surface area contributed by atoms with Gasteiger partial charge in [0.15, 0.2) is 0 Å². The third kappa shape index (κ3) is 3.79. The molecule has 0 bridgehead atoms. The van der Waals surface area contributed by atoms with E-state index in [1.165, 1.54) is 24.2 Å². The first-order valence-corrected chi connectivity index (χ1v) is 9.42. The van der Waals surface area contributed by atoms with Gasteiger partial charge in [0.25, 0.3) is 0 Å². The van der Waals surface area contributed by atoms with Crippen molar-refractivity contribution in [3.8, 4) is 0 Å². The van der Waals surface area contributed by atoms with Gasteiger partial charge in [-0.3, -0.25) is 0 Å². The fourth-order valence-corrected chi connectivity index (χ4v) is 4.54. The van der Waals surface area contributed by atoms with Gasteiger partial charge in [-0.1, -0.05) is 0 Å². The molecule has 2 heterocycles. The SMILES string of the molecule is O=S(=O)(NCC1CCCO1)c1cc(CNC2CC2)cs1. The molecule has 2 aliphatic rings. The molecule has 2 fully saturated rings. The standard InChI is InChI=1S/C13H20N2O3S2/c16-20(17,15-8-12-2-1-5-18-12)13-6-10(9-19-13)7-14-11-3-4-11/h6,9,11-12,14-15H,1-5,7-8H2. The third-order valence-electron chi connectivity index (χ3n) is 3.59. The van der Waals surface area contributed by atoms with Gasteiger partial charge in [0, 0.05) is 25.7 Å². The number of hydrogen-bond acceptors (Lipinski definition) is 5. The third-order valence-corrected chi connectivity index (χ3v) is 6.50. The Kier molecular flexibility index (Phi) is 4.42. The maximum Gasteiger partial charge on any atom is 0.250 e. The second-order valence-electron chi connectivity index (χ2n) is 5.42. The van der Waals surface area contributed by atoms with Crippen molar-refractivity contribution in [2.45, 2.75) is 48.6 Å². The van der Waals surface area contributed by atoms with E-state index in [1.54, 1.807) is 6.07 Å². The lowest BCUT2D eigenvalue weighted by Gasteiger charge is -2.10. The predicted molar refractivity (Wildman–Crippen MR) is 78.3 cm³/mol. The molecule has 0 spiro atoms. The molecule has 1 saturated carbocycles. The molecule has 1 aliphatic carbocycles. The quantitative estimate of drug-likeness (QED) is 0.799. The van der Waals surface area contributed by atoms with Crippen molar-refractivity contribution in [1.82, 2.24) is 10.0 Å². The molecule has 1 unspecified atom stereocenters. The van der Waals surface area contributed by atoms with Crippen molar-refractivity contribution < 1.29 is 13.2 Å². The van der Waals surface area contributed by atoms with Gasteiger partial charge in [-0.15, -0.1) is 11.3 Å². The molecule has 1 saturated heterocycles. The number of rotatable bonds is 7. The summed E-state index contributed by atoms with van der Waals surface area (Å²) in [7, 11) is -3.39. The van der Waals surface area contributed by atoms with Crippen LogP contribution in [0.25, 0.3) is 0 Å². The monoisotopic (exact) mass is 316 g/mol. The van der Waals surface area contributed by atoms with Crippen LogP contribution in [0.1, 0.15) is 31.2 Å². The Hall–Kier alpha value is -0.470. The van der Waals surface area contributed by atoms with Crippen LogP contribution in [-0.2, 0) is 21.3 Å². The van der Waals surface area contributed by atoms with Crippen molar-refractivity contribution in [3.05, 3.63) is 17.0 Å². The molecule has 1 atom stereocenters. The van der Waals surface area contributed by atoms with E-state index in [1.807, 2.05) is 5.38 Å². The van der Waals surface area contributed by atoms with Crippen molar-refractivity contribution in [3.63, 3.8) is 0 Å². The zero-order chi connectivity index (χ0) is 14.0. The first-order chi connectivity index (χ1) is 9.63. The van der Waals surface area contributed by atoms with E-state index in [0.29, 0.717) is 16.8 Å². The molecule has 1 aromatic heterocycles. The Morgan fingerprint density at radius 3 is 2.90 bits per heavy atom. The molecular weight excluding hydrogens is 296 g/mol. The highest BCUT2D eigenvalue weighted by Crippen LogP contribution is 2.23. The predicted octanol–water partition coefficient (Wildman–Crippen LogP) is 1.46. The van der Waals surface area contributed by atoms with Crippen molar-refractivity contribution >= 4 is 21.4 Å². The van der Waals surface area contributed by atoms with E-state index in [0.717, 1.165) is 31.6 Å². The smallest absolute Gasteiger partial charge is 0.250 e. The summed E-state index contributed by atoms with van der Waals surface area (Å²) in [6.45, 7) is 1.86. The fourth-order valence-electron chi connectivity index (χ4n) is 2.22. The molecule has 5 nitrogen and oxygen atoms in total. The summed E-state index contributed by atoms with van der Waals surface area (Å²) >= 11 is 1.28. The van der Waals surface area contributed by atoms with Gasteiger partial charge in [0.05, 0.1) is 6.10 Å². The highest BCUT2D eigenvalue weighted by Gasteiger charge is 2.23. The Balaban J connectivity index is 1.55. The lowest BCUT2D eigenvalue weighted by molar-refractivity contribution is 0.114. The van der Waals surface area contributed by atoms with E-state index in [4.69, 9.17) is 4.74 Å². The summed E-state index contributed by atoms with van der Waals surface area (Å²) in [6.07, 6.45) is 4.45. The molecule has 0 aromatic carbocycles. The molecule has 0 amide bonds. The normalized spacial score (nSPS) is 23.3. The lowest BCUT2D eigenvalue weighted by atomic mass is 10.2. The van der Waals surface area contributed by atoms with Crippen LogP contribution in [0, 0.1) is 0 Å². The number of nitrogens with one attached hydrogen (secondary N) is 2. The van der Waals surface area contributed by atoms with Gasteiger partial charge in [0.2, 0.25) is 10.0 Å². The van der Waals surface area contributed by atoms with Crippen LogP contribution >= 0.6 is 11.3 Å². The van der Waals surface area contributed by atoms with Crippen molar-refractivity contribution in [2.75, 3.05) is 13.2 Å². The second kappa shape index (κ2) is 6.11. The molecule has 0 radical (unpaired) electrons. The minimum absolute atomic E-state index is 0.0285. The minimum atomic E-state index is -3.39. The van der Waals surface area contributed by atoms with Crippen LogP contribution in [0.15, 0.2) is 15.7 Å². The van der Waals surface area contributed by atoms with Gasteiger partial charge in [-0.2, -0.15) is 0 Å². The molecule has 112 valence electrons. The summed E-state index contributed by atoms with van der Waals surface area (Å²) in [5, 5.41) is 5.30. The second-order valence-corrected chi connectivity index (χ2v) is 8.32. The van der Waals surface area contributed by atoms with Gasteiger partial charge in [-0.25, -0.2) is 13.1 Å². The molecule has 3 rings (SSSR count). The van der Waals surface area contributed by atoms with Crippen molar-refractivity contribution in [1.29, 1.82) is 0 Å². The van der Waals surface area contributed by atoms with Crippen LogP contribution < -0.4 is 10.0 Å². The molecule has 1 aliphatic heterocycles. The first kappa shape index (κ1) is 14.5. The number of thiophene rings is 1. The topological polar surface area (TPSA) is 67.4 Å². The van der Waals surface area contributed by atoms with Crippen molar-refractivity contribution in [2.24, 2.45) is 0 Å². The summed E-state index contributed by atoms with van der Waals surface area (Å²) in [5.74, 6) is 0. The number of hydrogen-bond donors (Lipinski definition) is 2. The van der Waals surface area contributed by atoms with E-state index in [-0.39, 0.29) is 6.10 Å². The lowest BCUT2D eigenvalue weighted by Crippen LogP contribution is -2.31. The Bertz CT molecular complexity index is 546. The fraction of sp³-hybridized carbons (Fsp3) is 0.692. The molecule has 20 heavy (non-hydrogen) atoms. The molecule has 7 heteroatoms. The van der Waals surface area contributed by atoms with E-state index in [2.05, 4.69) is 10.0 Å². The van der Waals surface area contributed by atoms with Crippen LogP contribution in [0.3, 0.4) is 0 Å². The highest BCUT2D eigenvalue weighted by atomic mass is 32.2. The maximum absolute atomic E-state index is 12.2. The zero-order valence-corrected chi connectivity index (χ0v) is 12.9. The van der Waals surface area contributed by atoms with E-state index >= 15 is 0 Å². The van der Waals surface area contributed by atoms with Crippen LogP contribution in [0.4, 0.5) is 0 Å². The molecular formula is C13H20N2O3S2. The summed E-state index contributed by atoms with van der Waals surface area (Å²) in [4.78, 5) is 0. The Morgan fingerprint density at radius 1 is 1.35 bits per heavy atom. The molecule has 1 aromatic rings. The maximum atomic E-state index is 12.2. The van der Waals surface area contributed by atoms with E-state index in [9.17, 15) is 8.42 Å². The first-order valence-electron chi connectivity index (χ1n) is 7.05. The minimum Gasteiger partial charge on any atom is -0.377 e. The largest absolute Gasteiger partial charge is 0.377 e. The van der Waals surface area contributed by atoms with Gasteiger partial charge < -0.3 is 10.1 Å². The van der Waals surface area contributed by atoms with Gasteiger partial charge in [-0.05, 0) is 42.7 Å². The van der Waals surface area contributed by atoms with Gasteiger partial charge in [0.1, 0.15) is 4.21 Å². The van der Waals surface area contributed by atoms with Crippen LogP contribution in [-0.4, -0.2) is 33.7 Å². The Morgan fingerprint density at radius 2 is 2.20 bits per heavy atom. The summed E-state index contributed by atoms with van der Waals surface area (Å²) < 4.78 is 32.8. The average Bonchev–Trinajstić information content (AvgIpc) is 2.94. The van der Waals surface area contributed by atoms with E-state index < -0.39 is 10.0 Å². The zero-order valence-electron chi connectivity index (χ0n) is 11.3. The Labute approximate surface area is 123 Å². The van der Waals surface area contributed by atoms with Crippen LogP contribution in [0.2, 0.25) is 0 Å². The summed E-state index contributed by atoms with van der Waals surface area (Å²) in [5.41, 5.74) is 1.04.